The lowest BCUT2D eigenvalue weighted by molar-refractivity contribution is 0.0532. The van der Waals surface area contributed by atoms with Gasteiger partial charge in [-0.1, -0.05) is 0 Å². The van der Waals surface area contributed by atoms with Crippen LogP contribution in [0.3, 0.4) is 0 Å². The van der Waals surface area contributed by atoms with Crippen LogP contribution in [0, 0.1) is 5.92 Å². The van der Waals surface area contributed by atoms with Crippen LogP contribution in [0.1, 0.15) is 25.7 Å². The van der Waals surface area contributed by atoms with Crippen molar-refractivity contribution in [2.75, 3.05) is 30.3 Å². The van der Waals surface area contributed by atoms with Crippen LogP contribution >= 0.6 is 0 Å². The molecule has 0 bridgehead atoms. The van der Waals surface area contributed by atoms with Gasteiger partial charge in [-0.25, -0.2) is 0 Å². The molecule has 4 nitrogen and oxygen atoms in total. The monoisotopic (exact) mass is 247 g/mol. The Morgan fingerprint density at radius 3 is 2.78 bits per heavy atom. The minimum atomic E-state index is 0.516. The largest absolute Gasteiger partial charge is 0.396 e. The summed E-state index contributed by atoms with van der Waals surface area (Å²) >= 11 is 0. The van der Waals surface area contributed by atoms with E-state index < -0.39 is 0 Å². The smallest absolute Gasteiger partial charge is 0.0738 e. The highest BCUT2D eigenvalue weighted by molar-refractivity contribution is 5.66. The highest BCUT2D eigenvalue weighted by Crippen LogP contribution is 2.32. The number of hydrogen-bond donors (Lipinski definition) is 1. The van der Waals surface area contributed by atoms with Crippen LogP contribution in [0.4, 0.5) is 11.4 Å². The van der Waals surface area contributed by atoms with Crippen LogP contribution < -0.4 is 10.6 Å². The molecule has 1 unspecified atom stereocenters. The Morgan fingerprint density at radius 2 is 2.11 bits per heavy atom. The van der Waals surface area contributed by atoms with E-state index in [2.05, 4.69) is 9.88 Å². The third-order valence-corrected chi connectivity index (χ3v) is 4.20. The zero-order valence-corrected chi connectivity index (χ0v) is 10.7. The van der Waals surface area contributed by atoms with Crippen LogP contribution in [-0.2, 0) is 4.74 Å². The quantitative estimate of drug-likeness (QED) is 0.869. The zero-order chi connectivity index (χ0) is 12.4. The van der Waals surface area contributed by atoms with Gasteiger partial charge in [-0.05, 0) is 37.7 Å². The van der Waals surface area contributed by atoms with Crippen LogP contribution in [0.15, 0.2) is 18.5 Å². The first-order valence-corrected chi connectivity index (χ1v) is 6.90. The van der Waals surface area contributed by atoms with Crippen molar-refractivity contribution in [3.05, 3.63) is 18.5 Å². The summed E-state index contributed by atoms with van der Waals surface area (Å²) in [6, 6.07) is 2.02. The van der Waals surface area contributed by atoms with Gasteiger partial charge in [0.2, 0.25) is 0 Å². The summed E-state index contributed by atoms with van der Waals surface area (Å²) in [4.78, 5) is 6.42. The predicted octanol–water partition coefficient (Wildman–Crippen LogP) is 2.06. The molecule has 2 saturated heterocycles. The number of anilines is 2. The minimum absolute atomic E-state index is 0.516. The second-order valence-electron chi connectivity index (χ2n) is 5.31. The van der Waals surface area contributed by atoms with E-state index in [1.54, 1.807) is 6.20 Å². The van der Waals surface area contributed by atoms with Crippen LogP contribution in [0.5, 0.6) is 0 Å². The lowest BCUT2D eigenvalue weighted by Crippen LogP contribution is -2.38. The molecule has 1 aromatic rings. The second kappa shape index (κ2) is 5.14. The van der Waals surface area contributed by atoms with Gasteiger partial charge >= 0.3 is 0 Å². The first kappa shape index (κ1) is 11.8. The van der Waals surface area contributed by atoms with E-state index in [1.807, 2.05) is 12.3 Å². The Bertz CT molecular complexity index is 396. The van der Waals surface area contributed by atoms with Gasteiger partial charge in [0.25, 0.3) is 0 Å². The van der Waals surface area contributed by atoms with E-state index in [9.17, 15) is 0 Å². The van der Waals surface area contributed by atoms with E-state index in [-0.39, 0.29) is 0 Å². The summed E-state index contributed by atoms with van der Waals surface area (Å²) in [5.74, 6) is 0.742. The van der Waals surface area contributed by atoms with Gasteiger partial charge in [0, 0.05) is 25.9 Å². The highest BCUT2D eigenvalue weighted by Gasteiger charge is 2.29. The maximum Gasteiger partial charge on any atom is 0.0738 e. The molecule has 3 rings (SSSR count). The fourth-order valence-electron chi connectivity index (χ4n) is 3.17. The Balaban J connectivity index is 1.61. The normalized spacial score (nSPS) is 25.6. The third-order valence-electron chi connectivity index (χ3n) is 4.20. The molecular weight excluding hydrogens is 226 g/mol. The third kappa shape index (κ3) is 2.29. The van der Waals surface area contributed by atoms with Crippen molar-refractivity contribution in [3.63, 3.8) is 0 Å². The Morgan fingerprint density at radius 1 is 1.28 bits per heavy atom. The van der Waals surface area contributed by atoms with Gasteiger partial charge in [-0.3, -0.25) is 4.98 Å². The number of nitrogen functional groups attached to an aromatic ring is 1. The molecule has 2 aliphatic rings. The van der Waals surface area contributed by atoms with Gasteiger partial charge < -0.3 is 15.4 Å². The maximum absolute atomic E-state index is 5.98. The summed E-state index contributed by atoms with van der Waals surface area (Å²) in [5.41, 5.74) is 7.90. The summed E-state index contributed by atoms with van der Waals surface area (Å²) in [6.07, 6.45) is 8.99. The molecular formula is C14H21N3O. The molecule has 0 spiro atoms. The first-order valence-electron chi connectivity index (χ1n) is 6.90. The molecule has 0 amide bonds. The number of rotatable bonds is 2. The van der Waals surface area contributed by atoms with E-state index in [4.69, 9.17) is 10.5 Å². The van der Waals surface area contributed by atoms with Crippen molar-refractivity contribution in [1.82, 2.24) is 4.98 Å². The lowest BCUT2D eigenvalue weighted by atomic mass is 9.89. The SMILES string of the molecule is Nc1cnccc1N1CCC(C2CCCO2)CC1. The molecule has 0 radical (unpaired) electrons. The van der Waals surface area contributed by atoms with Gasteiger partial charge in [-0.2, -0.15) is 0 Å². The zero-order valence-electron chi connectivity index (χ0n) is 10.7. The van der Waals surface area contributed by atoms with Gasteiger partial charge in [-0.15, -0.1) is 0 Å². The molecule has 2 aliphatic heterocycles. The number of ether oxygens (including phenoxy) is 1. The minimum Gasteiger partial charge on any atom is -0.396 e. The molecule has 3 heterocycles. The van der Waals surface area contributed by atoms with E-state index in [1.165, 1.54) is 25.7 Å². The maximum atomic E-state index is 5.98. The number of piperidine rings is 1. The summed E-state index contributed by atoms with van der Waals surface area (Å²) in [7, 11) is 0. The molecule has 98 valence electrons. The molecule has 0 aromatic carbocycles. The number of pyridine rings is 1. The van der Waals surface area contributed by atoms with E-state index in [0.717, 1.165) is 37.0 Å². The molecule has 4 heteroatoms. The molecule has 1 aromatic heterocycles. The fourth-order valence-corrected chi connectivity index (χ4v) is 3.17. The Labute approximate surface area is 108 Å². The Hall–Kier alpha value is -1.29. The number of aromatic nitrogens is 1. The number of nitrogens with two attached hydrogens (primary N) is 1. The fraction of sp³-hybridized carbons (Fsp3) is 0.643. The summed E-state index contributed by atoms with van der Waals surface area (Å²) in [6.45, 7) is 3.12. The van der Waals surface area contributed by atoms with Crippen molar-refractivity contribution in [1.29, 1.82) is 0 Å². The molecule has 18 heavy (non-hydrogen) atoms. The van der Waals surface area contributed by atoms with Gasteiger partial charge in [0.05, 0.1) is 23.7 Å². The first-order chi connectivity index (χ1) is 8.84. The van der Waals surface area contributed by atoms with Crippen molar-refractivity contribution < 1.29 is 4.74 Å². The van der Waals surface area contributed by atoms with Crippen LogP contribution in [0.25, 0.3) is 0 Å². The molecule has 2 N–H and O–H groups in total. The standard InChI is InChI=1S/C14H21N3O/c15-12-10-16-6-3-13(12)17-7-4-11(5-8-17)14-2-1-9-18-14/h3,6,10-11,14H,1-2,4-5,7-9,15H2. The van der Waals surface area contributed by atoms with Crippen molar-refractivity contribution in [3.8, 4) is 0 Å². The van der Waals surface area contributed by atoms with E-state index >= 15 is 0 Å². The predicted molar refractivity (Wildman–Crippen MR) is 72.6 cm³/mol. The van der Waals surface area contributed by atoms with Crippen molar-refractivity contribution in [2.24, 2.45) is 5.92 Å². The average Bonchev–Trinajstić information content (AvgIpc) is 2.94. The van der Waals surface area contributed by atoms with Crippen molar-refractivity contribution in [2.45, 2.75) is 31.8 Å². The van der Waals surface area contributed by atoms with E-state index in [0.29, 0.717) is 6.10 Å². The molecule has 0 aliphatic carbocycles. The van der Waals surface area contributed by atoms with Gasteiger partial charge in [0.1, 0.15) is 0 Å². The topological polar surface area (TPSA) is 51.4 Å². The van der Waals surface area contributed by atoms with Crippen LogP contribution in [0.2, 0.25) is 0 Å². The number of nitrogens with zero attached hydrogens (tertiary/aromatic N) is 2. The Kier molecular flexibility index (Phi) is 3.37. The second-order valence-corrected chi connectivity index (χ2v) is 5.31. The summed E-state index contributed by atoms with van der Waals surface area (Å²) in [5, 5.41) is 0. The molecule has 2 fully saturated rings. The average molecular weight is 247 g/mol. The number of hydrogen-bond acceptors (Lipinski definition) is 4. The lowest BCUT2D eigenvalue weighted by Gasteiger charge is -2.36. The van der Waals surface area contributed by atoms with Crippen LogP contribution in [-0.4, -0.2) is 30.8 Å². The summed E-state index contributed by atoms with van der Waals surface area (Å²) < 4.78 is 5.80. The van der Waals surface area contributed by atoms with Gasteiger partial charge in [0.15, 0.2) is 0 Å². The van der Waals surface area contributed by atoms with Crippen molar-refractivity contribution >= 4 is 11.4 Å². The highest BCUT2D eigenvalue weighted by atomic mass is 16.5. The molecule has 0 saturated carbocycles. The molecule has 1 atom stereocenters.